The Morgan fingerprint density at radius 3 is 2.38 bits per heavy atom. The quantitative estimate of drug-likeness (QED) is 0.557. The van der Waals surface area contributed by atoms with Crippen LogP contribution in [0.5, 0.6) is 11.5 Å². The average Bonchev–Trinajstić information content (AvgIpc) is 2.75. The summed E-state index contributed by atoms with van der Waals surface area (Å²) in [5, 5.41) is 6.98. The Morgan fingerprint density at radius 2 is 1.69 bits per heavy atom. The van der Waals surface area contributed by atoms with Crippen molar-refractivity contribution in [3.63, 3.8) is 0 Å². The number of rotatable bonds is 9. The lowest BCUT2D eigenvalue weighted by molar-refractivity contribution is -0.122. The zero-order chi connectivity index (χ0) is 20.5. The summed E-state index contributed by atoms with van der Waals surface area (Å²) in [5.74, 6) is 1.15. The fourth-order valence-electron chi connectivity index (χ4n) is 2.59. The van der Waals surface area contributed by atoms with Crippen LogP contribution in [-0.4, -0.2) is 40.4 Å². The first-order valence-electron chi connectivity index (χ1n) is 9.26. The molecule has 150 valence electrons. The van der Waals surface area contributed by atoms with E-state index in [0.717, 1.165) is 16.0 Å². The third kappa shape index (κ3) is 5.90. The van der Waals surface area contributed by atoms with Gasteiger partial charge >= 0.3 is 0 Å². The molecule has 3 aromatic rings. The zero-order valence-electron chi connectivity index (χ0n) is 16.1. The van der Waals surface area contributed by atoms with Crippen molar-refractivity contribution in [1.82, 2.24) is 20.1 Å². The molecule has 0 bridgehead atoms. The molecule has 0 atom stereocenters. The first kappa shape index (κ1) is 20.1. The van der Waals surface area contributed by atoms with Gasteiger partial charge in [0.15, 0.2) is 0 Å². The number of hydrogen-bond donors (Lipinski definition) is 1. The lowest BCUT2D eigenvalue weighted by Crippen LogP contribution is -2.35. The Morgan fingerprint density at radius 1 is 1.00 bits per heavy atom. The van der Waals surface area contributed by atoms with Crippen LogP contribution in [0.1, 0.15) is 6.92 Å². The van der Waals surface area contributed by atoms with Gasteiger partial charge < -0.3 is 14.8 Å². The molecule has 0 aliphatic carbocycles. The molecule has 0 aliphatic heterocycles. The minimum Gasteiger partial charge on any atom is -0.494 e. The van der Waals surface area contributed by atoms with E-state index < -0.39 is 0 Å². The molecule has 29 heavy (non-hydrogen) atoms. The topological polar surface area (TPSA) is 95.3 Å². The third-order valence-corrected chi connectivity index (χ3v) is 3.96. The van der Waals surface area contributed by atoms with Crippen molar-refractivity contribution < 1.29 is 14.3 Å². The summed E-state index contributed by atoms with van der Waals surface area (Å²) in [4.78, 5) is 28.1. The van der Waals surface area contributed by atoms with Crippen molar-refractivity contribution in [1.29, 1.82) is 0 Å². The van der Waals surface area contributed by atoms with Crippen LogP contribution >= 0.6 is 0 Å². The molecule has 0 radical (unpaired) electrons. The fraction of sp³-hybridized carbons (Fsp3) is 0.238. The molecule has 2 aromatic heterocycles. The molecule has 1 amide bonds. The summed E-state index contributed by atoms with van der Waals surface area (Å²) in [5.41, 5.74) is 1.07. The van der Waals surface area contributed by atoms with E-state index in [4.69, 9.17) is 9.47 Å². The van der Waals surface area contributed by atoms with E-state index in [2.05, 4.69) is 15.4 Å². The van der Waals surface area contributed by atoms with Crippen LogP contribution < -0.4 is 20.3 Å². The van der Waals surface area contributed by atoms with Gasteiger partial charge in [-0.3, -0.25) is 14.6 Å². The Bertz CT molecular complexity index is 988. The van der Waals surface area contributed by atoms with Crippen LogP contribution in [0, 0.1) is 0 Å². The normalized spacial score (nSPS) is 10.4. The van der Waals surface area contributed by atoms with Gasteiger partial charge in [0.25, 0.3) is 5.56 Å². The molecule has 0 saturated carbocycles. The van der Waals surface area contributed by atoms with Gasteiger partial charge in [-0.25, -0.2) is 4.68 Å². The Hall–Kier alpha value is -3.68. The highest BCUT2D eigenvalue weighted by molar-refractivity contribution is 5.75. The van der Waals surface area contributed by atoms with Crippen LogP contribution in [0.2, 0.25) is 0 Å². The van der Waals surface area contributed by atoms with E-state index >= 15 is 0 Å². The van der Waals surface area contributed by atoms with Crippen LogP contribution in [0.4, 0.5) is 0 Å². The molecular formula is C21H22N4O4. The van der Waals surface area contributed by atoms with Gasteiger partial charge in [0.2, 0.25) is 5.91 Å². The van der Waals surface area contributed by atoms with E-state index in [1.807, 2.05) is 19.1 Å². The van der Waals surface area contributed by atoms with E-state index in [1.54, 1.807) is 42.7 Å². The number of amides is 1. The van der Waals surface area contributed by atoms with E-state index in [-0.39, 0.29) is 18.0 Å². The summed E-state index contributed by atoms with van der Waals surface area (Å²) in [6.07, 6.45) is 3.28. The van der Waals surface area contributed by atoms with Gasteiger partial charge in [-0.05, 0) is 49.4 Å². The number of hydrogen-bond acceptors (Lipinski definition) is 6. The Labute approximate surface area is 168 Å². The van der Waals surface area contributed by atoms with E-state index in [0.29, 0.717) is 31.2 Å². The molecule has 0 saturated heterocycles. The fourth-order valence-corrected chi connectivity index (χ4v) is 2.59. The Kier molecular flexibility index (Phi) is 6.94. The van der Waals surface area contributed by atoms with Crippen LogP contribution in [0.25, 0.3) is 11.3 Å². The maximum absolute atomic E-state index is 12.1. The second-order valence-electron chi connectivity index (χ2n) is 6.05. The highest BCUT2D eigenvalue weighted by atomic mass is 16.5. The first-order chi connectivity index (χ1) is 14.2. The van der Waals surface area contributed by atoms with E-state index in [9.17, 15) is 9.59 Å². The number of carbonyl (C=O) groups is 1. The molecular weight excluding hydrogens is 372 g/mol. The Balaban J connectivity index is 1.49. The smallest absolute Gasteiger partial charge is 0.267 e. The molecule has 2 heterocycles. The SMILES string of the molecule is CCOc1ccc(OCCNC(=O)Cn2nc(-c3ccncc3)ccc2=O)cc1. The molecule has 8 nitrogen and oxygen atoms in total. The highest BCUT2D eigenvalue weighted by Crippen LogP contribution is 2.17. The maximum Gasteiger partial charge on any atom is 0.267 e. The second kappa shape index (κ2) is 10.0. The van der Waals surface area contributed by atoms with E-state index in [1.165, 1.54) is 6.07 Å². The zero-order valence-corrected chi connectivity index (χ0v) is 16.1. The number of carbonyl (C=O) groups excluding carboxylic acids is 1. The number of nitrogens with zero attached hydrogens (tertiary/aromatic N) is 3. The lowest BCUT2D eigenvalue weighted by Gasteiger charge is -2.10. The van der Waals surface area contributed by atoms with Crippen LogP contribution in [0.15, 0.2) is 65.7 Å². The summed E-state index contributed by atoms with van der Waals surface area (Å²) < 4.78 is 12.1. The maximum atomic E-state index is 12.1. The average molecular weight is 394 g/mol. The number of nitrogens with one attached hydrogen (secondary N) is 1. The third-order valence-electron chi connectivity index (χ3n) is 3.96. The summed E-state index contributed by atoms with van der Waals surface area (Å²) in [7, 11) is 0. The number of pyridine rings is 1. The lowest BCUT2D eigenvalue weighted by atomic mass is 10.2. The number of ether oxygens (including phenoxy) is 2. The summed E-state index contributed by atoms with van der Waals surface area (Å²) >= 11 is 0. The van der Waals surface area contributed by atoms with Crippen molar-refractivity contribution in [2.45, 2.75) is 13.5 Å². The molecule has 8 heteroatoms. The molecule has 1 aromatic carbocycles. The minimum absolute atomic E-state index is 0.166. The molecule has 0 aliphatic rings. The standard InChI is InChI=1S/C21H22N4O4/c1-2-28-17-3-5-18(6-4-17)29-14-13-23-20(26)15-25-21(27)8-7-19(24-25)16-9-11-22-12-10-16/h3-12H,2,13-15H2,1H3,(H,23,26). The molecule has 0 unspecified atom stereocenters. The van der Waals surface area contributed by atoms with Crippen molar-refractivity contribution >= 4 is 5.91 Å². The monoisotopic (exact) mass is 394 g/mol. The summed E-state index contributed by atoms with van der Waals surface area (Å²) in [6.45, 7) is 2.98. The number of aromatic nitrogens is 3. The van der Waals surface area contributed by atoms with Crippen LogP contribution in [0.3, 0.4) is 0 Å². The van der Waals surface area contributed by atoms with Gasteiger partial charge in [-0.2, -0.15) is 5.10 Å². The predicted octanol–water partition coefficient (Wildman–Crippen LogP) is 1.90. The van der Waals surface area contributed by atoms with Gasteiger partial charge in [0, 0.05) is 24.0 Å². The van der Waals surface area contributed by atoms with Gasteiger partial charge in [0.1, 0.15) is 24.7 Å². The molecule has 3 rings (SSSR count). The van der Waals surface area contributed by atoms with Gasteiger partial charge in [0.05, 0.1) is 18.8 Å². The van der Waals surface area contributed by atoms with Crippen molar-refractivity contribution in [2.75, 3.05) is 19.8 Å². The van der Waals surface area contributed by atoms with Crippen molar-refractivity contribution in [3.8, 4) is 22.8 Å². The second-order valence-corrected chi connectivity index (χ2v) is 6.05. The van der Waals surface area contributed by atoms with Crippen LogP contribution in [-0.2, 0) is 11.3 Å². The van der Waals surface area contributed by atoms with Crippen molar-refractivity contribution in [2.24, 2.45) is 0 Å². The summed E-state index contributed by atoms with van der Waals surface area (Å²) in [6, 6.07) is 13.9. The molecule has 0 spiro atoms. The first-order valence-corrected chi connectivity index (χ1v) is 9.26. The number of benzene rings is 1. The minimum atomic E-state index is -0.344. The van der Waals surface area contributed by atoms with Gasteiger partial charge in [-0.15, -0.1) is 0 Å². The highest BCUT2D eigenvalue weighted by Gasteiger charge is 2.08. The molecule has 0 fully saturated rings. The van der Waals surface area contributed by atoms with Gasteiger partial charge in [-0.1, -0.05) is 0 Å². The predicted molar refractivity (Wildman–Crippen MR) is 108 cm³/mol. The van der Waals surface area contributed by atoms with Crippen molar-refractivity contribution in [3.05, 3.63) is 71.3 Å². The molecule has 1 N–H and O–H groups in total. The largest absolute Gasteiger partial charge is 0.494 e.